The first-order valence-electron chi connectivity index (χ1n) is 5.29. The third kappa shape index (κ3) is 3.11. The summed E-state index contributed by atoms with van der Waals surface area (Å²) >= 11 is 7.51. The van der Waals surface area contributed by atoms with Gasteiger partial charge in [-0.2, -0.15) is 0 Å². The molecule has 5 heteroatoms. The largest absolute Gasteiger partial charge is 0.373 e. The average molecular weight is 268 g/mol. The molecule has 0 radical (unpaired) electrons. The Bertz CT molecular complexity index is 498. The van der Waals surface area contributed by atoms with Gasteiger partial charge < -0.3 is 10.2 Å². The van der Waals surface area contributed by atoms with Gasteiger partial charge in [-0.3, -0.25) is 0 Å². The number of hydrogen-bond acceptors (Lipinski definition) is 4. The van der Waals surface area contributed by atoms with Gasteiger partial charge in [-0.1, -0.05) is 17.7 Å². The van der Waals surface area contributed by atoms with Gasteiger partial charge in [0.2, 0.25) is 0 Å². The Kier molecular flexibility index (Phi) is 3.86. The van der Waals surface area contributed by atoms with Crippen LogP contribution in [0.3, 0.4) is 0 Å². The van der Waals surface area contributed by atoms with Crippen molar-refractivity contribution in [1.29, 1.82) is 0 Å². The number of thiophene rings is 1. The van der Waals surface area contributed by atoms with E-state index in [0.717, 1.165) is 22.5 Å². The van der Waals surface area contributed by atoms with Crippen molar-refractivity contribution in [1.82, 2.24) is 4.98 Å². The fourth-order valence-corrected chi connectivity index (χ4v) is 2.67. The van der Waals surface area contributed by atoms with Gasteiger partial charge in [0.15, 0.2) is 0 Å². The predicted molar refractivity (Wildman–Crippen MR) is 75.2 cm³/mol. The monoisotopic (exact) mass is 267 g/mol. The number of anilines is 2. The molecule has 0 unspecified atom stereocenters. The van der Waals surface area contributed by atoms with Crippen LogP contribution in [0, 0.1) is 0 Å². The summed E-state index contributed by atoms with van der Waals surface area (Å²) in [5, 5.41) is 3.03. The van der Waals surface area contributed by atoms with Crippen molar-refractivity contribution in [2.24, 2.45) is 0 Å². The average Bonchev–Trinajstić information content (AvgIpc) is 2.75. The molecule has 0 fully saturated rings. The van der Waals surface area contributed by atoms with Crippen molar-refractivity contribution in [3.8, 4) is 0 Å². The van der Waals surface area contributed by atoms with Crippen LogP contribution >= 0.6 is 22.9 Å². The molecule has 2 heterocycles. The SMILES string of the molecule is CNc1cccc(N(C)Cc2ccc(Cl)s2)n1. The van der Waals surface area contributed by atoms with E-state index in [1.165, 1.54) is 4.88 Å². The third-order valence-electron chi connectivity index (χ3n) is 2.40. The summed E-state index contributed by atoms with van der Waals surface area (Å²) in [4.78, 5) is 7.81. The highest BCUT2D eigenvalue weighted by Crippen LogP contribution is 2.24. The zero-order chi connectivity index (χ0) is 12.3. The summed E-state index contributed by atoms with van der Waals surface area (Å²) in [6.07, 6.45) is 0. The summed E-state index contributed by atoms with van der Waals surface area (Å²) in [5.41, 5.74) is 0. The fourth-order valence-electron chi connectivity index (χ4n) is 1.53. The molecule has 0 aromatic carbocycles. The number of nitrogens with zero attached hydrogens (tertiary/aromatic N) is 2. The van der Waals surface area contributed by atoms with Crippen molar-refractivity contribution >= 4 is 34.6 Å². The molecule has 0 bridgehead atoms. The van der Waals surface area contributed by atoms with E-state index >= 15 is 0 Å². The summed E-state index contributed by atoms with van der Waals surface area (Å²) < 4.78 is 0.824. The first-order valence-corrected chi connectivity index (χ1v) is 6.48. The Morgan fingerprint density at radius 3 is 2.82 bits per heavy atom. The quantitative estimate of drug-likeness (QED) is 0.919. The lowest BCUT2D eigenvalue weighted by Gasteiger charge is -2.17. The molecule has 0 aliphatic carbocycles. The van der Waals surface area contributed by atoms with Crippen LogP contribution in [0.25, 0.3) is 0 Å². The van der Waals surface area contributed by atoms with E-state index in [2.05, 4.69) is 15.2 Å². The van der Waals surface area contributed by atoms with Crippen LogP contribution in [0.1, 0.15) is 4.88 Å². The highest BCUT2D eigenvalue weighted by atomic mass is 35.5. The number of hydrogen-bond donors (Lipinski definition) is 1. The van der Waals surface area contributed by atoms with E-state index in [4.69, 9.17) is 11.6 Å². The molecule has 0 saturated carbocycles. The van der Waals surface area contributed by atoms with Crippen LogP contribution < -0.4 is 10.2 Å². The van der Waals surface area contributed by atoms with Crippen LogP contribution in [0.2, 0.25) is 4.34 Å². The lowest BCUT2D eigenvalue weighted by atomic mass is 10.4. The molecule has 0 aliphatic heterocycles. The van der Waals surface area contributed by atoms with Crippen molar-refractivity contribution in [2.45, 2.75) is 6.54 Å². The van der Waals surface area contributed by atoms with E-state index in [-0.39, 0.29) is 0 Å². The Balaban J connectivity index is 2.11. The van der Waals surface area contributed by atoms with Crippen LogP contribution in [0.4, 0.5) is 11.6 Å². The first kappa shape index (κ1) is 12.2. The Morgan fingerprint density at radius 1 is 1.35 bits per heavy atom. The maximum atomic E-state index is 5.91. The number of halogens is 1. The minimum atomic E-state index is 0.817. The summed E-state index contributed by atoms with van der Waals surface area (Å²) in [7, 11) is 3.89. The van der Waals surface area contributed by atoms with Gasteiger partial charge >= 0.3 is 0 Å². The van der Waals surface area contributed by atoms with Crippen LogP contribution in [-0.4, -0.2) is 19.1 Å². The predicted octanol–water partition coefficient (Wildman–Crippen LogP) is 3.47. The molecule has 0 amide bonds. The molecular weight excluding hydrogens is 254 g/mol. The van der Waals surface area contributed by atoms with Gasteiger partial charge in [0.25, 0.3) is 0 Å². The minimum absolute atomic E-state index is 0.817. The van der Waals surface area contributed by atoms with Gasteiger partial charge in [0.1, 0.15) is 11.6 Å². The third-order valence-corrected chi connectivity index (χ3v) is 3.62. The van der Waals surface area contributed by atoms with Crippen LogP contribution in [0.15, 0.2) is 30.3 Å². The topological polar surface area (TPSA) is 28.2 Å². The van der Waals surface area contributed by atoms with Crippen molar-refractivity contribution in [2.75, 3.05) is 24.3 Å². The molecule has 2 aromatic heterocycles. The van der Waals surface area contributed by atoms with Gasteiger partial charge in [-0.05, 0) is 24.3 Å². The minimum Gasteiger partial charge on any atom is -0.373 e. The zero-order valence-electron chi connectivity index (χ0n) is 9.77. The van der Waals surface area contributed by atoms with Gasteiger partial charge in [-0.25, -0.2) is 4.98 Å². The van der Waals surface area contributed by atoms with E-state index < -0.39 is 0 Å². The molecule has 2 aromatic rings. The van der Waals surface area contributed by atoms with E-state index in [9.17, 15) is 0 Å². The maximum absolute atomic E-state index is 5.91. The zero-order valence-corrected chi connectivity index (χ0v) is 11.3. The normalized spacial score (nSPS) is 10.3. The Morgan fingerprint density at radius 2 is 2.18 bits per heavy atom. The fraction of sp³-hybridized carbons (Fsp3) is 0.250. The Labute approximate surface area is 110 Å². The van der Waals surface area contributed by atoms with Crippen LogP contribution in [-0.2, 0) is 6.54 Å². The van der Waals surface area contributed by atoms with Crippen molar-refractivity contribution < 1.29 is 0 Å². The summed E-state index contributed by atoms with van der Waals surface area (Å²) in [5.74, 6) is 1.82. The van der Waals surface area contributed by atoms with Gasteiger partial charge in [0.05, 0.1) is 10.9 Å². The lowest BCUT2D eigenvalue weighted by Crippen LogP contribution is -2.17. The lowest BCUT2D eigenvalue weighted by molar-refractivity contribution is 0.913. The molecule has 90 valence electrons. The second kappa shape index (κ2) is 5.38. The molecular formula is C12H14ClN3S. The highest BCUT2D eigenvalue weighted by molar-refractivity contribution is 7.16. The van der Waals surface area contributed by atoms with Gasteiger partial charge in [-0.15, -0.1) is 11.3 Å². The van der Waals surface area contributed by atoms with Crippen molar-refractivity contribution in [3.05, 3.63) is 39.5 Å². The standard InChI is InChI=1S/C12H14ClN3S/c1-14-11-4-3-5-12(15-11)16(2)8-9-6-7-10(13)17-9/h3-7H,8H2,1-2H3,(H,14,15). The van der Waals surface area contributed by atoms with Crippen molar-refractivity contribution in [3.63, 3.8) is 0 Å². The van der Waals surface area contributed by atoms with E-state index in [1.807, 2.05) is 44.4 Å². The molecule has 0 spiro atoms. The number of nitrogens with one attached hydrogen (secondary N) is 1. The molecule has 0 aliphatic rings. The molecule has 17 heavy (non-hydrogen) atoms. The van der Waals surface area contributed by atoms with E-state index in [0.29, 0.717) is 0 Å². The molecule has 2 rings (SSSR count). The van der Waals surface area contributed by atoms with Crippen LogP contribution in [0.5, 0.6) is 0 Å². The molecule has 0 atom stereocenters. The maximum Gasteiger partial charge on any atom is 0.131 e. The summed E-state index contributed by atoms with van der Waals surface area (Å²) in [6.45, 7) is 0.817. The summed E-state index contributed by atoms with van der Waals surface area (Å²) in [6, 6.07) is 9.90. The molecule has 1 N–H and O–H groups in total. The Hall–Kier alpha value is -1.26. The highest BCUT2D eigenvalue weighted by Gasteiger charge is 2.06. The smallest absolute Gasteiger partial charge is 0.131 e. The van der Waals surface area contributed by atoms with E-state index in [1.54, 1.807) is 11.3 Å². The van der Waals surface area contributed by atoms with Gasteiger partial charge in [0, 0.05) is 19.0 Å². The number of pyridine rings is 1. The number of rotatable bonds is 4. The molecule has 3 nitrogen and oxygen atoms in total. The second-order valence-electron chi connectivity index (χ2n) is 3.69. The molecule has 0 saturated heterocycles. The number of aromatic nitrogens is 1. The first-order chi connectivity index (χ1) is 8.19. The second-order valence-corrected chi connectivity index (χ2v) is 5.49.